The van der Waals surface area contributed by atoms with Gasteiger partial charge in [0, 0.05) is 28.9 Å². The van der Waals surface area contributed by atoms with E-state index in [1.165, 1.54) is 23.3 Å². The molecule has 0 bridgehead atoms. The van der Waals surface area contributed by atoms with Crippen LogP contribution in [-0.2, 0) is 4.79 Å². The van der Waals surface area contributed by atoms with Gasteiger partial charge in [0.2, 0.25) is 0 Å². The number of nitrogens with zero attached hydrogens (tertiary/aromatic N) is 1. The van der Waals surface area contributed by atoms with Crippen molar-refractivity contribution in [3.63, 3.8) is 0 Å². The fourth-order valence-corrected chi connectivity index (χ4v) is 3.60. The number of aryl methyl sites for hydroxylation is 1. The molecule has 1 N–H and O–H groups in total. The summed E-state index contributed by atoms with van der Waals surface area (Å²) in [6.45, 7) is 1.78. The van der Waals surface area contributed by atoms with Crippen LogP contribution in [0.5, 0.6) is 5.75 Å². The van der Waals surface area contributed by atoms with Crippen molar-refractivity contribution in [1.29, 1.82) is 0 Å². The van der Waals surface area contributed by atoms with Crippen LogP contribution in [0.3, 0.4) is 0 Å². The monoisotopic (exact) mass is 359 g/mol. The number of benzene rings is 1. The highest BCUT2D eigenvalue weighted by atomic mass is 32.1. The van der Waals surface area contributed by atoms with E-state index in [1.54, 1.807) is 43.7 Å². The van der Waals surface area contributed by atoms with Crippen LogP contribution in [0.25, 0.3) is 11.0 Å². The molecule has 0 aliphatic heterocycles. The number of fused-ring (bicyclic) bond motifs is 1. The Kier molecular flexibility index (Phi) is 4.50. The van der Waals surface area contributed by atoms with E-state index < -0.39 is 17.9 Å². The van der Waals surface area contributed by atoms with Gasteiger partial charge in [0.1, 0.15) is 11.3 Å². The molecule has 0 aliphatic rings. The molecule has 1 atom stereocenters. The average molecular weight is 359 g/mol. The first kappa shape index (κ1) is 17.0. The van der Waals surface area contributed by atoms with Crippen molar-refractivity contribution in [1.82, 2.24) is 4.90 Å². The van der Waals surface area contributed by atoms with E-state index in [4.69, 9.17) is 9.15 Å². The van der Waals surface area contributed by atoms with Gasteiger partial charge in [0.05, 0.1) is 7.11 Å². The van der Waals surface area contributed by atoms with Crippen LogP contribution >= 0.6 is 11.3 Å². The molecule has 2 heterocycles. The maximum atomic E-state index is 12.9. The zero-order chi connectivity index (χ0) is 18.1. The number of hydrogen-bond acceptors (Lipinski definition) is 5. The third kappa shape index (κ3) is 2.98. The zero-order valence-electron chi connectivity index (χ0n) is 14.0. The number of aliphatic carboxylic acids is 1. The van der Waals surface area contributed by atoms with Crippen LogP contribution in [0.4, 0.5) is 0 Å². The highest BCUT2D eigenvalue weighted by molar-refractivity contribution is 7.10. The fraction of sp³-hybridized carbons (Fsp3) is 0.222. The smallest absolute Gasteiger partial charge is 0.331 e. The number of carboxylic acid groups (broad SMARTS) is 1. The highest BCUT2D eigenvalue weighted by Crippen LogP contribution is 2.31. The number of hydrogen-bond donors (Lipinski definition) is 1. The summed E-state index contributed by atoms with van der Waals surface area (Å²) in [6.07, 6.45) is 0. The number of carboxylic acids is 1. The second-order valence-electron chi connectivity index (χ2n) is 5.59. The van der Waals surface area contributed by atoms with Gasteiger partial charge in [-0.3, -0.25) is 4.79 Å². The van der Waals surface area contributed by atoms with E-state index in [1.807, 2.05) is 6.07 Å². The van der Waals surface area contributed by atoms with Crippen molar-refractivity contribution < 1.29 is 23.8 Å². The standard InChI is InChI=1S/C18H17NO5S/c1-10-12-7-6-11(23-3)9-13(12)24-16(10)17(20)19(2)15(18(21)22)14-5-4-8-25-14/h4-9,15H,1-3H3,(H,21,22)/t15-/m1/s1. The second-order valence-corrected chi connectivity index (χ2v) is 6.57. The number of carbonyl (C=O) groups excluding carboxylic acids is 1. The molecule has 0 saturated carbocycles. The molecule has 6 nitrogen and oxygen atoms in total. The Morgan fingerprint density at radius 2 is 2.08 bits per heavy atom. The molecule has 0 fully saturated rings. The van der Waals surface area contributed by atoms with Crippen molar-refractivity contribution in [3.8, 4) is 5.75 Å². The molecule has 0 saturated heterocycles. The average Bonchev–Trinajstić information content (AvgIpc) is 3.22. The van der Waals surface area contributed by atoms with Gasteiger partial charge < -0.3 is 19.2 Å². The quantitative estimate of drug-likeness (QED) is 0.751. The Morgan fingerprint density at radius 3 is 2.68 bits per heavy atom. The first-order chi connectivity index (χ1) is 11.9. The number of furan rings is 1. The van der Waals surface area contributed by atoms with Gasteiger partial charge in [-0.05, 0) is 30.5 Å². The Morgan fingerprint density at radius 1 is 1.32 bits per heavy atom. The largest absolute Gasteiger partial charge is 0.497 e. The van der Waals surface area contributed by atoms with Crippen molar-refractivity contribution in [2.24, 2.45) is 0 Å². The first-order valence-electron chi connectivity index (χ1n) is 7.54. The summed E-state index contributed by atoms with van der Waals surface area (Å²) in [4.78, 5) is 26.3. The minimum atomic E-state index is -1.09. The lowest BCUT2D eigenvalue weighted by atomic mass is 10.1. The van der Waals surface area contributed by atoms with E-state index in [9.17, 15) is 14.7 Å². The molecular weight excluding hydrogens is 342 g/mol. The normalized spacial score (nSPS) is 12.1. The highest BCUT2D eigenvalue weighted by Gasteiger charge is 2.32. The molecular formula is C18H17NO5S. The van der Waals surface area contributed by atoms with Crippen molar-refractivity contribution in [3.05, 3.63) is 51.9 Å². The van der Waals surface area contributed by atoms with E-state index in [0.717, 1.165) is 5.39 Å². The van der Waals surface area contributed by atoms with E-state index in [0.29, 0.717) is 21.8 Å². The lowest BCUT2D eigenvalue weighted by Crippen LogP contribution is -2.35. The van der Waals surface area contributed by atoms with Crippen LogP contribution in [0.15, 0.2) is 40.1 Å². The summed E-state index contributed by atoms with van der Waals surface area (Å²) in [6, 6.07) is 7.70. The van der Waals surface area contributed by atoms with Crippen LogP contribution in [-0.4, -0.2) is 36.0 Å². The number of likely N-dealkylation sites (N-methyl/N-ethyl adjacent to an activating group) is 1. The molecule has 0 radical (unpaired) electrons. The first-order valence-corrected chi connectivity index (χ1v) is 8.42. The molecule has 0 spiro atoms. The molecule has 3 rings (SSSR count). The SMILES string of the molecule is COc1ccc2c(C)c(C(=O)N(C)[C@@H](C(=O)O)c3cccs3)oc2c1. The third-order valence-corrected chi connectivity index (χ3v) is 5.02. The van der Waals surface area contributed by atoms with Gasteiger partial charge in [-0.15, -0.1) is 11.3 Å². The maximum Gasteiger partial charge on any atom is 0.331 e. The number of methoxy groups -OCH3 is 1. The summed E-state index contributed by atoms with van der Waals surface area (Å²) in [5.74, 6) is -0.814. The summed E-state index contributed by atoms with van der Waals surface area (Å²) < 4.78 is 10.9. The molecule has 1 amide bonds. The van der Waals surface area contributed by atoms with E-state index >= 15 is 0 Å². The molecule has 0 unspecified atom stereocenters. The van der Waals surface area contributed by atoms with Gasteiger partial charge in [0.15, 0.2) is 11.8 Å². The molecule has 0 aliphatic carbocycles. The fourth-order valence-electron chi connectivity index (χ4n) is 2.74. The minimum absolute atomic E-state index is 0.133. The van der Waals surface area contributed by atoms with Gasteiger partial charge in [0.25, 0.3) is 5.91 Å². The molecule has 25 heavy (non-hydrogen) atoms. The van der Waals surface area contributed by atoms with Crippen molar-refractivity contribution in [2.75, 3.05) is 14.2 Å². The summed E-state index contributed by atoms with van der Waals surface area (Å²) >= 11 is 1.29. The van der Waals surface area contributed by atoms with Gasteiger partial charge >= 0.3 is 5.97 Å². The second kappa shape index (κ2) is 6.60. The Balaban J connectivity index is 2.00. The topological polar surface area (TPSA) is 80.0 Å². The van der Waals surface area contributed by atoms with Crippen LogP contribution in [0, 0.1) is 6.92 Å². The van der Waals surface area contributed by atoms with Crippen LogP contribution in [0.2, 0.25) is 0 Å². The molecule has 1 aromatic carbocycles. The van der Waals surface area contributed by atoms with Gasteiger partial charge in [-0.25, -0.2) is 4.79 Å². The number of carbonyl (C=O) groups is 2. The predicted molar refractivity (Wildman–Crippen MR) is 94.3 cm³/mol. The van der Waals surface area contributed by atoms with Crippen LogP contribution < -0.4 is 4.74 Å². The number of thiophene rings is 1. The van der Waals surface area contributed by atoms with Crippen molar-refractivity contribution >= 4 is 34.2 Å². The molecule has 3 aromatic rings. The minimum Gasteiger partial charge on any atom is -0.497 e. The maximum absolute atomic E-state index is 12.9. The Hall–Kier alpha value is -2.80. The Labute approximate surface area is 148 Å². The zero-order valence-corrected chi connectivity index (χ0v) is 14.8. The lowest BCUT2D eigenvalue weighted by molar-refractivity contribution is -0.142. The van der Waals surface area contributed by atoms with E-state index in [2.05, 4.69) is 0 Å². The third-order valence-electron chi connectivity index (χ3n) is 4.09. The molecule has 7 heteroatoms. The number of rotatable bonds is 5. The lowest BCUT2D eigenvalue weighted by Gasteiger charge is -2.23. The summed E-state index contributed by atoms with van der Waals surface area (Å²) in [5.41, 5.74) is 1.20. The number of amides is 1. The van der Waals surface area contributed by atoms with Crippen molar-refractivity contribution in [2.45, 2.75) is 13.0 Å². The van der Waals surface area contributed by atoms with Gasteiger partial charge in [-0.2, -0.15) is 0 Å². The van der Waals surface area contributed by atoms with E-state index in [-0.39, 0.29) is 5.76 Å². The molecule has 130 valence electrons. The summed E-state index contributed by atoms with van der Waals surface area (Å²) in [7, 11) is 3.02. The molecule has 2 aromatic heterocycles. The number of ether oxygens (including phenoxy) is 1. The van der Waals surface area contributed by atoms with Crippen LogP contribution in [0.1, 0.15) is 27.0 Å². The Bertz CT molecular complexity index is 928. The van der Waals surface area contributed by atoms with Gasteiger partial charge in [-0.1, -0.05) is 6.07 Å². The predicted octanol–water partition coefficient (Wildman–Crippen LogP) is 3.71. The summed E-state index contributed by atoms with van der Waals surface area (Å²) in [5, 5.41) is 12.1.